The first kappa shape index (κ1) is 15.4. The number of halogens is 1. The van der Waals surface area contributed by atoms with Crippen molar-refractivity contribution in [3.05, 3.63) is 59.9 Å². The van der Waals surface area contributed by atoms with Gasteiger partial charge in [0.1, 0.15) is 0 Å². The molecule has 5 heteroatoms. The molecule has 0 fully saturated rings. The van der Waals surface area contributed by atoms with Crippen LogP contribution in [0.5, 0.6) is 0 Å². The number of hydrogen-bond donors (Lipinski definition) is 2. The van der Waals surface area contributed by atoms with E-state index in [9.17, 15) is 0 Å². The Morgan fingerprint density at radius 3 is 2.58 bits per heavy atom. The summed E-state index contributed by atoms with van der Waals surface area (Å²) in [5.74, 6) is 0.393. The fraction of sp³-hybridized carbons (Fsp3) is 0.143. The summed E-state index contributed by atoms with van der Waals surface area (Å²) >= 11 is 0. The first-order valence-electron chi connectivity index (χ1n) is 5.77. The molecular weight excluding hydrogens is 351 g/mol. The van der Waals surface area contributed by atoms with Crippen LogP contribution in [0.15, 0.2) is 53.7 Å². The van der Waals surface area contributed by atoms with Crippen LogP contribution >= 0.6 is 24.0 Å². The molecule has 0 spiro atoms. The lowest BCUT2D eigenvalue weighted by atomic mass is 10.2. The van der Waals surface area contributed by atoms with Crippen LogP contribution in [0.1, 0.15) is 11.3 Å². The van der Waals surface area contributed by atoms with Crippen LogP contribution in [-0.4, -0.2) is 10.9 Å². The number of aliphatic imine (C=N–C) groups is 1. The molecule has 1 aromatic heterocycles. The average Bonchev–Trinajstić information content (AvgIpc) is 2.40. The van der Waals surface area contributed by atoms with Crippen LogP contribution in [0.4, 0.5) is 5.69 Å². The second-order valence-corrected chi connectivity index (χ2v) is 4.01. The molecule has 2 rings (SSSR count). The van der Waals surface area contributed by atoms with Gasteiger partial charge in [-0.2, -0.15) is 0 Å². The van der Waals surface area contributed by atoms with Crippen molar-refractivity contribution in [2.75, 3.05) is 5.32 Å². The highest BCUT2D eigenvalue weighted by molar-refractivity contribution is 14.0. The van der Waals surface area contributed by atoms with Crippen molar-refractivity contribution in [2.45, 2.75) is 13.5 Å². The molecule has 0 saturated heterocycles. The van der Waals surface area contributed by atoms with Gasteiger partial charge in [0.05, 0.1) is 12.2 Å². The number of aryl methyl sites for hydroxylation is 1. The van der Waals surface area contributed by atoms with E-state index in [1.54, 1.807) is 6.20 Å². The van der Waals surface area contributed by atoms with Crippen LogP contribution < -0.4 is 11.1 Å². The maximum atomic E-state index is 5.80. The van der Waals surface area contributed by atoms with E-state index in [4.69, 9.17) is 5.73 Å². The number of nitrogens with zero attached hydrogens (tertiary/aromatic N) is 2. The Kier molecular flexibility index (Phi) is 6.27. The van der Waals surface area contributed by atoms with Gasteiger partial charge in [-0.15, -0.1) is 24.0 Å². The Hall–Kier alpha value is -1.63. The molecule has 3 N–H and O–H groups in total. The van der Waals surface area contributed by atoms with Gasteiger partial charge in [0.15, 0.2) is 5.96 Å². The van der Waals surface area contributed by atoms with Gasteiger partial charge in [-0.05, 0) is 31.2 Å². The van der Waals surface area contributed by atoms with E-state index in [0.29, 0.717) is 12.5 Å². The van der Waals surface area contributed by atoms with E-state index in [0.717, 1.165) is 11.4 Å². The summed E-state index contributed by atoms with van der Waals surface area (Å²) in [7, 11) is 0. The molecule has 100 valence electrons. The van der Waals surface area contributed by atoms with Crippen molar-refractivity contribution in [1.82, 2.24) is 4.98 Å². The molecule has 0 atom stereocenters. The summed E-state index contributed by atoms with van der Waals surface area (Å²) in [5, 5.41) is 3.04. The number of aromatic nitrogens is 1. The number of rotatable bonds is 3. The van der Waals surface area contributed by atoms with E-state index in [1.165, 1.54) is 5.56 Å². The zero-order valence-electron chi connectivity index (χ0n) is 10.7. The van der Waals surface area contributed by atoms with Crippen molar-refractivity contribution in [3.8, 4) is 0 Å². The van der Waals surface area contributed by atoms with Crippen LogP contribution in [0.3, 0.4) is 0 Å². The lowest BCUT2D eigenvalue weighted by Gasteiger charge is -2.05. The second kappa shape index (κ2) is 7.73. The number of nitrogens with one attached hydrogen (secondary N) is 1. The molecule has 1 heterocycles. The van der Waals surface area contributed by atoms with Gasteiger partial charge < -0.3 is 11.1 Å². The lowest BCUT2D eigenvalue weighted by Crippen LogP contribution is -2.22. The largest absolute Gasteiger partial charge is 0.370 e. The third-order valence-electron chi connectivity index (χ3n) is 2.46. The summed E-state index contributed by atoms with van der Waals surface area (Å²) < 4.78 is 0. The van der Waals surface area contributed by atoms with Gasteiger partial charge >= 0.3 is 0 Å². The molecule has 0 amide bonds. The Labute approximate surface area is 130 Å². The summed E-state index contributed by atoms with van der Waals surface area (Å²) in [6, 6.07) is 13.7. The predicted octanol–water partition coefficient (Wildman–Crippen LogP) is 2.93. The topological polar surface area (TPSA) is 63.3 Å². The zero-order valence-corrected chi connectivity index (χ0v) is 13.0. The maximum Gasteiger partial charge on any atom is 0.193 e. The molecule has 0 aliphatic rings. The highest BCUT2D eigenvalue weighted by Gasteiger charge is 1.95. The minimum atomic E-state index is 0. The van der Waals surface area contributed by atoms with Gasteiger partial charge in [0.2, 0.25) is 0 Å². The summed E-state index contributed by atoms with van der Waals surface area (Å²) in [5.41, 5.74) is 8.84. The third-order valence-corrected chi connectivity index (χ3v) is 2.46. The highest BCUT2D eigenvalue weighted by atomic mass is 127. The minimum absolute atomic E-state index is 0. The fourth-order valence-electron chi connectivity index (χ4n) is 1.48. The molecule has 1 aromatic carbocycles. The molecule has 0 radical (unpaired) electrons. The molecule has 2 aromatic rings. The van der Waals surface area contributed by atoms with Crippen molar-refractivity contribution in [2.24, 2.45) is 10.7 Å². The number of nitrogens with two attached hydrogens (primary N) is 1. The van der Waals surface area contributed by atoms with E-state index >= 15 is 0 Å². The monoisotopic (exact) mass is 368 g/mol. The summed E-state index contributed by atoms with van der Waals surface area (Å²) in [4.78, 5) is 8.41. The van der Waals surface area contributed by atoms with Gasteiger partial charge in [-0.1, -0.05) is 23.8 Å². The molecule has 19 heavy (non-hydrogen) atoms. The van der Waals surface area contributed by atoms with Gasteiger partial charge in [0.25, 0.3) is 0 Å². The van der Waals surface area contributed by atoms with Gasteiger partial charge in [-0.25, -0.2) is 4.99 Å². The summed E-state index contributed by atoms with van der Waals surface area (Å²) in [6.07, 6.45) is 1.74. The Bertz CT molecular complexity index is 523. The first-order valence-corrected chi connectivity index (χ1v) is 5.77. The molecule has 0 saturated carbocycles. The Morgan fingerprint density at radius 1 is 1.21 bits per heavy atom. The van der Waals surface area contributed by atoms with Gasteiger partial charge in [0, 0.05) is 11.9 Å². The third kappa shape index (κ3) is 5.25. The normalized spacial score (nSPS) is 10.7. The number of hydrogen-bond acceptors (Lipinski definition) is 2. The Balaban J connectivity index is 0.00000180. The first-order chi connectivity index (χ1) is 8.74. The molecule has 0 unspecified atom stereocenters. The smallest absolute Gasteiger partial charge is 0.193 e. The highest BCUT2D eigenvalue weighted by Crippen LogP contribution is 2.08. The zero-order chi connectivity index (χ0) is 12.8. The van der Waals surface area contributed by atoms with Crippen molar-refractivity contribution in [3.63, 3.8) is 0 Å². The fourth-order valence-corrected chi connectivity index (χ4v) is 1.48. The number of guanidine groups is 1. The SMILES string of the molecule is Cc1ccc(NC(N)=NCc2ccccn2)cc1.I. The van der Waals surface area contributed by atoms with Crippen LogP contribution in [-0.2, 0) is 6.54 Å². The second-order valence-electron chi connectivity index (χ2n) is 4.01. The van der Waals surface area contributed by atoms with Crippen LogP contribution in [0.25, 0.3) is 0 Å². The molecule has 0 aliphatic carbocycles. The number of anilines is 1. The van der Waals surface area contributed by atoms with E-state index in [2.05, 4.69) is 15.3 Å². The summed E-state index contributed by atoms with van der Waals surface area (Å²) in [6.45, 7) is 2.52. The Morgan fingerprint density at radius 2 is 1.95 bits per heavy atom. The van der Waals surface area contributed by atoms with Crippen molar-refractivity contribution in [1.29, 1.82) is 0 Å². The maximum absolute atomic E-state index is 5.80. The molecular formula is C14H17IN4. The number of pyridine rings is 1. The lowest BCUT2D eigenvalue weighted by molar-refractivity contribution is 0.985. The van der Waals surface area contributed by atoms with E-state index in [-0.39, 0.29) is 24.0 Å². The average molecular weight is 368 g/mol. The minimum Gasteiger partial charge on any atom is -0.370 e. The standard InChI is InChI=1S/C14H16N4.HI/c1-11-5-7-12(8-6-11)18-14(15)17-10-13-4-2-3-9-16-13;/h2-9H,10H2,1H3,(H3,15,17,18);1H. The van der Waals surface area contributed by atoms with Crippen molar-refractivity contribution < 1.29 is 0 Å². The van der Waals surface area contributed by atoms with Crippen LogP contribution in [0.2, 0.25) is 0 Å². The molecule has 0 bridgehead atoms. The van der Waals surface area contributed by atoms with E-state index < -0.39 is 0 Å². The van der Waals surface area contributed by atoms with E-state index in [1.807, 2.05) is 49.4 Å². The predicted molar refractivity (Wildman–Crippen MR) is 89.8 cm³/mol. The number of benzene rings is 1. The van der Waals surface area contributed by atoms with Gasteiger partial charge in [-0.3, -0.25) is 4.98 Å². The molecule has 0 aliphatic heterocycles. The van der Waals surface area contributed by atoms with Crippen LogP contribution in [0, 0.1) is 6.92 Å². The quantitative estimate of drug-likeness (QED) is 0.498. The molecule has 4 nitrogen and oxygen atoms in total. The van der Waals surface area contributed by atoms with Crippen molar-refractivity contribution >= 4 is 35.6 Å².